The van der Waals surface area contributed by atoms with Crippen LogP contribution in [0.4, 0.5) is 45.5 Å². The number of aryl methyl sites for hydroxylation is 1. The Morgan fingerprint density at radius 3 is 2.09 bits per heavy atom. The molecule has 2 aromatic heterocycles. The summed E-state index contributed by atoms with van der Waals surface area (Å²) in [4.78, 5) is 8.84. The summed E-state index contributed by atoms with van der Waals surface area (Å²) in [6.07, 6.45) is -11.9. The number of alkyl halides is 9. The first kappa shape index (κ1) is 34.1. The van der Waals surface area contributed by atoms with E-state index in [1.807, 2.05) is 19.1 Å². The van der Waals surface area contributed by atoms with E-state index in [-0.39, 0.29) is 36.1 Å². The van der Waals surface area contributed by atoms with Crippen LogP contribution in [0, 0.1) is 0 Å². The zero-order valence-corrected chi connectivity index (χ0v) is 25.2. The van der Waals surface area contributed by atoms with E-state index in [9.17, 15) is 39.5 Å². The minimum absolute atomic E-state index is 0.0133. The molecule has 3 heterocycles. The molecule has 1 aliphatic heterocycles. The highest BCUT2D eigenvalue weighted by Gasteiger charge is 2.38. The summed E-state index contributed by atoms with van der Waals surface area (Å²) in [6, 6.07) is 9.74. The van der Waals surface area contributed by atoms with Crippen molar-refractivity contribution in [1.82, 2.24) is 30.1 Å². The van der Waals surface area contributed by atoms with E-state index in [0.29, 0.717) is 37.2 Å². The van der Waals surface area contributed by atoms with Gasteiger partial charge in [-0.1, -0.05) is 24.2 Å². The largest absolute Gasteiger partial charge is 0.416 e. The Labute approximate surface area is 264 Å². The summed E-state index contributed by atoms with van der Waals surface area (Å²) in [6.45, 7) is 2.17. The topological polar surface area (TPSA) is 63.0 Å². The molecule has 1 fully saturated rings. The summed E-state index contributed by atoms with van der Waals surface area (Å²) in [5, 5.41) is 11.7. The molecular weight excluding hydrogens is 641 g/mol. The molecule has 47 heavy (non-hydrogen) atoms. The van der Waals surface area contributed by atoms with Gasteiger partial charge in [0.1, 0.15) is 0 Å². The minimum atomic E-state index is -5.09. The molecule has 0 saturated carbocycles. The third-order valence-electron chi connectivity index (χ3n) is 8.15. The molecule has 2 unspecified atom stereocenters. The third-order valence-corrected chi connectivity index (χ3v) is 8.15. The lowest BCUT2D eigenvalue weighted by molar-refractivity contribution is -0.143. The highest BCUT2D eigenvalue weighted by molar-refractivity contribution is 5.42. The molecule has 7 nitrogen and oxygen atoms in total. The minimum Gasteiger partial charge on any atom is -0.330 e. The van der Waals surface area contributed by atoms with Gasteiger partial charge in [-0.25, -0.2) is 0 Å². The van der Waals surface area contributed by atoms with Crippen molar-refractivity contribution >= 4 is 5.95 Å². The highest BCUT2D eigenvalue weighted by Crippen LogP contribution is 2.40. The van der Waals surface area contributed by atoms with E-state index in [0.717, 1.165) is 29.0 Å². The molecule has 0 radical (unpaired) electrons. The van der Waals surface area contributed by atoms with Crippen LogP contribution in [0.25, 0.3) is 0 Å². The van der Waals surface area contributed by atoms with Gasteiger partial charge in [0, 0.05) is 43.5 Å². The van der Waals surface area contributed by atoms with Crippen LogP contribution in [0.3, 0.4) is 0 Å². The summed E-state index contributed by atoms with van der Waals surface area (Å²) in [5.41, 5.74) is -2.77. The van der Waals surface area contributed by atoms with Crippen LogP contribution in [-0.4, -0.2) is 43.2 Å². The van der Waals surface area contributed by atoms with Gasteiger partial charge in [-0.15, -0.1) is 5.10 Å². The molecule has 0 bridgehead atoms. The van der Waals surface area contributed by atoms with Gasteiger partial charge in [-0.3, -0.25) is 9.88 Å². The van der Waals surface area contributed by atoms with E-state index in [1.165, 1.54) is 18.0 Å². The molecule has 5 rings (SSSR count). The van der Waals surface area contributed by atoms with Crippen LogP contribution in [0.5, 0.6) is 0 Å². The smallest absolute Gasteiger partial charge is 0.330 e. The number of aromatic nitrogens is 5. The van der Waals surface area contributed by atoms with Crippen molar-refractivity contribution in [2.24, 2.45) is 7.05 Å². The van der Waals surface area contributed by atoms with Crippen LogP contribution in [0.1, 0.15) is 70.8 Å². The van der Waals surface area contributed by atoms with Gasteiger partial charge in [0.15, 0.2) is 0 Å². The molecule has 0 spiro atoms. The lowest BCUT2D eigenvalue weighted by atomic mass is 9.94. The Morgan fingerprint density at radius 2 is 1.53 bits per heavy atom. The van der Waals surface area contributed by atoms with Crippen LogP contribution < -0.4 is 4.90 Å². The van der Waals surface area contributed by atoms with Crippen molar-refractivity contribution in [2.45, 2.75) is 63.3 Å². The Hall–Kier alpha value is -4.21. The predicted molar refractivity (Wildman–Crippen MR) is 153 cm³/mol. The number of tetrazole rings is 1. The number of nitrogens with zero attached hydrogens (tertiary/aromatic N) is 7. The average Bonchev–Trinajstić information content (AvgIpc) is 3.66. The van der Waals surface area contributed by atoms with E-state index >= 15 is 0 Å². The maximum Gasteiger partial charge on any atom is 0.416 e. The molecule has 2 atom stereocenters. The van der Waals surface area contributed by atoms with Gasteiger partial charge >= 0.3 is 18.5 Å². The Kier molecular flexibility index (Phi) is 9.53. The van der Waals surface area contributed by atoms with Crippen molar-refractivity contribution in [3.8, 4) is 0 Å². The number of hydrogen-bond acceptors (Lipinski definition) is 6. The molecule has 252 valence electrons. The number of rotatable bonds is 9. The molecule has 0 aliphatic carbocycles. The molecule has 1 saturated heterocycles. The van der Waals surface area contributed by atoms with Crippen molar-refractivity contribution in [3.05, 3.63) is 99.9 Å². The number of anilines is 1. The van der Waals surface area contributed by atoms with Gasteiger partial charge in [0.05, 0.1) is 23.7 Å². The summed E-state index contributed by atoms with van der Waals surface area (Å²) in [7, 11) is 1.40. The van der Waals surface area contributed by atoms with E-state index in [4.69, 9.17) is 0 Å². The third kappa shape index (κ3) is 8.03. The lowest BCUT2D eigenvalue weighted by Crippen LogP contribution is -2.29. The maximum absolute atomic E-state index is 14.0. The molecular formula is C31H30F9N7. The second-order valence-corrected chi connectivity index (χ2v) is 11.4. The van der Waals surface area contributed by atoms with Crippen molar-refractivity contribution in [1.29, 1.82) is 0 Å². The van der Waals surface area contributed by atoms with Gasteiger partial charge < -0.3 is 4.90 Å². The zero-order chi connectivity index (χ0) is 34.1. The monoisotopic (exact) mass is 671 g/mol. The summed E-state index contributed by atoms with van der Waals surface area (Å²) < 4.78 is 124. The zero-order valence-electron chi connectivity index (χ0n) is 25.2. The Morgan fingerprint density at radius 1 is 0.851 bits per heavy atom. The van der Waals surface area contributed by atoms with E-state index < -0.39 is 47.3 Å². The number of pyridine rings is 1. The van der Waals surface area contributed by atoms with Crippen LogP contribution >= 0.6 is 0 Å². The number of likely N-dealkylation sites (tertiary alicyclic amines) is 1. The van der Waals surface area contributed by atoms with Gasteiger partial charge in [0.25, 0.3) is 5.95 Å². The molecule has 4 aromatic rings. The summed E-state index contributed by atoms with van der Waals surface area (Å²) >= 11 is 0. The maximum atomic E-state index is 14.0. The average molecular weight is 672 g/mol. The van der Waals surface area contributed by atoms with Crippen molar-refractivity contribution in [2.75, 3.05) is 18.0 Å². The quantitative estimate of drug-likeness (QED) is 0.169. The van der Waals surface area contributed by atoms with Gasteiger partial charge in [0.2, 0.25) is 0 Å². The van der Waals surface area contributed by atoms with Crippen molar-refractivity contribution in [3.63, 3.8) is 0 Å². The number of hydrogen-bond donors (Lipinski definition) is 0. The predicted octanol–water partition coefficient (Wildman–Crippen LogP) is 7.81. The number of benzene rings is 2. The fraction of sp³-hybridized carbons (Fsp3) is 0.419. The lowest BCUT2D eigenvalue weighted by Gasteiger charge is -2.31. The van der Waals surface area contributed by atoms with Crippen LogP contribution in [0.15, 0.2) is 60.8 Å². The highest BCUT2D eigenvalue weighted by atomic mass is 19.4. The first-order chi connectivity index (χ1) is 22.0. The van der Waals surface area contributed by atoms with Crippen molar-refractivity contribution < 1.29 is 39.5 Å². The second kappa shape index (κ2) is 13.1. The Balaban J connectivity index is 1.55. The number of halogens is 9. The normalized spacial score (nSPS) is 16.9. The van der Waals surface area contributed by atoms with Crippen LogP contribution in [-0.2, 0) is 38.7 Å². The second-order valence-electron chi connectivity index (χ2n) is 11.4. The Bertz CT molecular complexity index is 1630. The molecule has 1 aliphatic rings. The fourth-order valence-corrected chi connectivity index (χ4v) is 5.98. The van der Waals surface area contributed by atoms with E-state index in [1.54, 1.807) is 12.3 Å². The first-order valence-electron chi connectivity index (χ1n) is 14.6. The molecule has 2 aromatic carbocycles. The summed E-state index contributed by atoms with van der Waals surface area (Å²) in [5.74, 6) is -0.0848. The van der Waals surface area contributed by atoms with Crippen LogP contribution in [0.2, 0.25) is 0 Å². The van der Waals surface area contributed by atoms with E-state index in [2.05, 4.69) is 25.3 Å². The standard InChI is InChI=1S/C31H30F9N7/c1-3-27(46-11-9-20(17-46)26-6-4-5-10-41-26)25-8-7-22(29(32,33)34)14-21(25)18-47(28-42-44-45(2)43-28)16-19-12-23(30(35,36)37)15-24(13-19)31(38,39)40/h4-8,10,12-15,20,27H,3,9,11,16-18H2,1-2H3. The molecule has 0 N–H and O–H groups in total. The van der Waals surface area contributed by atoms with Gasteiger partial charge in [-0.2, -0.15) is 44.3 Å². The fourth-order valence-electron chi connectivity index (χ4n) is 5.98. The molecule has 16 heteroatoms. The van der Waals surface area contributed by atoms with Gasteiger partial charge in [-0.05, 0) is 83.8 Å². The SMILES string of the molecule is CCC(c1ccc(C(F)(F)F)cc1CN(Cc1cc(C(F)(F)F)cc(C(F)(F)F)c1)c1nnn(C)n1)N1CCC(c2ccccn2)C1. The molecule has 0 amide bonds. The first-order valence-corrected chi connectivity index (χ1v) is 14.6.